The number of aliphatic hydroxyl groups excluding tert-OH is 2. The molecule has 0 amide bonds. The van der Waals surface area contributed by atoms with Crippen molar-refractivity contribution < 1.29 is 19.7 Å². The Kier molecular flexibility index (Phi) is 4.33. The Labute approximate surface area is 168 Å². The molecule has 4 saturated carbocycles. The SMILES string of the molecule is CC(=O)O[C@H]1CCC(C)(C)[C@H]2CC[C@]34C[C@](C)([C@H](O)C[C@H]3[C@]12C)[C@H](Cl)[C@H]4O. The van der Waals surface area contributed by atoms with E-state index >= 15 is 0 Å². The fourth-order valence-electron chi connectivity index (χ4n) is 8.23. The number of aliphatic hydroxyl groups is 2. The predicted molar refractivity (Wildman–Crippen MR) is 104 cm³/mol. The molecular weight excluding hydrogens is 364 g/mol. The van der Waals surface area contributed by atoms with Crippen LogP contribution in [0.1, 0.15) is 73.1 Å². The zero-order valence-corrected chi connectivity index (χ0v) is 18.1. The Hall–Kier alpha value is -0.320. The van der Waals surface area contributed by atoms with E-state index in [9.17, 15) is 15.0 Å². The Morgan fingerprint density at radius 2 is 1.74 bits per heavy atom. The van der Waals surface area contributed by atoms with Gasteiger partial charge in [-0.2, -0.15) is 0 Å². The summed E-state index contributed by atoms with van der Waals surface area (Å²) in [6.45, 7) is 10.4. The molecule has 0 aliphatic heterocycles. The molecule has 154 valence electrons. The number of carbonyl (C=O) groups excluding carboxylic acids is 1. The largest absolute Gasteiger partial charge is 0.462 e. The van der Waals surface area contributed by atoms with Gasteiger partial charge in [0.05, 0.1) is 17.6 Å². The predicted octanol–water partition coefficient (Wildman–Crippen LogP) is 3.90. The summed E-state index contributed by atoms with van der Waals surface area (Å²) in [5.74, 6) is 0.272. The molecule has 0 aromatic rings. The van der Waals surface area contributed by atoms with Gasteiger partial charge in [0.2, 0.25) is 0 Å². The molecule has 4 nitrogen and oxygen atoms in total. The molecule has 0 heterocycles. The van der Waals surface area contributed by atoms with E-state index in [1.54, 1.807) is 0 Å². The second-order valence-electron chi connectivity index (χ2n) is 11.1. The first-order valence-corrected chi connectivity index (χ1v) is 11.0. The van der Waals surface area contributed by atoms with E-state index in [4.69, 9.17) is 16.3 Å². The van der Waals surface area contributed by atoms with Crippen LogP contribution in [0.5, 0.6) is 0 Å². The second-order valence-corrected chi connectivity index (χ2v) is 11.6. The fourth-order valence-corrected chi connectivity index (χ4v) is 8.70. The van der Waals surface area contributed by atoms with Gasteiger partial charge in [-0.25, -0.2) is 0 Å². The summed E-state index contributed by atoms with van der Waals surface area (Å²) in [7, 11) is 0. The molecule has 9 atom stereocenters. The Morgan fingerprint density at radius 3 is 2.37 bits per heavy atom. The van der Waals surface area contributed by atoms with Crippen molar-refractivity contribution in [3.05, 3.63) is 0 Å². The molecule has 0 radical (unpaired) electrons. The Balaban J connectivity index is 1.83. The highest BCUT2D eigenvalue weighted by molar-refractivity contribution is 6.22. The highest BCUT2D eigenvalue weighted by Gasteiger charge is 2.74. The van der Waals surface area contributed by atoms with E-state index in [-0.39, 0.29) is 34.2 Å². The molecule has 0 saturated heterocycles. The van der Waals surface area contributed by atoms with Gasteiger partial charge in [-0.05, 0) is 55.8 Å². The molecule has 4 aliphatic rings. The summed E-state index contributed by atoms with van der Waals surface area (Å²) in [5, 5.41) is 21.9. The van der Waals surface area contributed by atoms with Crippen LogP contribution in [0, 0.1) is 33.5 Å². The highest BCUT2D eigenvalue weighted by Crippen LogP contribution is 2.74. The third-order valence-electron chi connectivity index (χ3n) is 9.52. The van der Waals surface area contributed by atoms with Crippen LogP contribution in [0.25, 0.3) is 0 Å². The minimum absolute atomic E-state index is 0.106. The lowest BCUT2D eigenvalue weighted by Gasteiger charge is -2.66. The zero-order valence-electron chi connectivity index (χ0n) is 17.3. The number of hydrogen-bond acceptors (Lipinski definition) is 4. The van der Waals surface area contributed by atoms with E-state index in [1.165, 1.54) is 6.92 Å². The molecule has 0 aromatic carbocycles. The van der Waals surface area contributed by atoms with Crippen molar-refractivity contribution in [2.75, 3.05) is 0 Å². The standard InChI is InChI=1S/C22H35ClO4/c1-12(24)27-16-7-8-19(2,3)13-6-9-22-11-20(4,17(23)18(22)26)15(25)10-14(22)21(13,16)5/h13-18,25-26H,6-11H2,1-5H3/t13-,14+,15-,16+,17-,18-,20-,21-,22+/m1/s1. The van der Waals surface area contributed by atoms with Crippen molar-refractivity contribution in [1.29, 1.82) is 0 Å². The van der Waals surface area contributed by atoms with Gasteiger partial charge in [0.15, 0.2) is 0 Å². The molecule has 5 heteroatoms. The van der Waals surface area contributed by atoms with Gasteiger partial charge in [0.1, 0.15) is 6.10 Å². The maximum Gasteiger partial charge on any atom is 0.302 e. The molecule has 27 heavy (non-hydrogen) atoms. The van der Waals surface area contributed by atoms with Crippen molar-refractivity contribution in [1.82, 2.24) is 0 Å². The van der Waals surface area contributed by atoms with Crippen LogP contribution in [0.4, 0.5) is 0 Å². The Morgan fingerprint density at radius 1 is 1.07 bits per heavy atom. The minimum Gasteiger partial charge on any atom is -0.462 e. The highest BCUT2D eigenvalue weighted by atomic mass is 35.5. The van der Waals surface area contributed by atoms with E-state index in [0.29, 0.717) is 12.3 Å². The third kappa shape index (κ3) is 2.39. The molecular formula is C22H35ClO4. The van der Waals surface area contributed by atoms with Crippen molar-refractivity contribution in [2.45, 2.75) is 96.8 Å². The minimum atomic E-state index is -0.618. The smallest absolute Gasteiger partial charge is 0.302 e. The molecule has 2 bridgehead atoms. The first-order chi connectivity index (χ1) is 12.4. The molecule has 0 unspecified atom stereocenters. The lowest BCUT2D eigenvalue weighted by Crippen LogP contribution is -2.65. The molecule has 1 spiro atoms. The lowest BCUT2D eigenvalue weighted by molar-refractivity contribution is -0.235. The summed E-state index contributed by atoms with van der Waals surface area (Å²) in [6.07, 6.45) is 3.93. The maximum absolute atomic E-state index is 11.9. The zero-order chi connectivity index (χ0) is 20.0. The van der Waals surface area contributed by atoms with Gasteiger partial charge in [0.25, 0.3) is 0 Å². The summed E-state index contributed by atoms with van der Waals surface area (Å²) < 4.78 is 5.90. The van der Waals surface area contributed by atoms with Gasteiger partial charge in [0, 0.05) is 23.2 Å². The van der Waals surface area contributed by atoms with Gasteiger partial charge in [-0.3, -0.25) is 4.79 Å². The van der Waals surface area contributed by atoms with Crippen LogP contribution in [-0.2, 0) is 9.53 Å². The average Bonchev–Trinajstić information content (AvgIpc) is 2.73. The summed E-state index contributed by atoms with van der Waals surface area (Å²) >= 11 is 6.72. The van der Waals surface area contributed by atoms with Crippen molar-refractivity contribution in [3.63, 3.8) is 0 Å². The van der Waals surface area contributed by atoms with Crippen molar-refractivity contribution in [2.24, 2.45) is 33.5 Å². The van der Waals surface area contributed by atoms with Gasteiger partial charge in [-0.1, -0.05) is 27.7 Å². The van der Waals surface area contributed by atoms with E-state index < -0.39 is 23.0 Å². The number of hydrogen-bond donors (Lipinski definition) is 2. The number of rotatable bonds is 1. The first-order valence-electron chi connectivity index (χ1n) is 10.6. The van der Waals surface area contributed by atoms with Crippen LogP contribution in [0.2, 0.25) is 0 Å². The summed E-state index contributed by atoms with van der Waals surface area (Å²) in [4.78, 5) is 11.9. The van der Waals surface area contributed by atoms with E-state index in [0.717, 1.165) is 32.1 Å². The Bertz CT molecular complexity index is 650. The second kappa shape index (κ2) is 5.86. The normalized spacial score (nSPS) is 56.1. The summed E-state index contributed by atoms with van der Waals surface area (Å²) in [6, 6.07) is 0. The van der Waals surface area contributed by atoms with Crippen LogP contribution in [-0.4, -0.2) is 39.9 Å². The molecule has 2 N–H and O–H groups in total. The number of halogens is 1. The van der Waals surface area contributed by atoms with E-state index in [2.05, 4.69) is 20.8 Å². The topological polar surface area (TPSA) is 66.8 Å². The quantitative estimate of drug-likeness (QED) is 0.519. The van der Waals surface area contributed by atoms with Gasteiger partial charge >= 0.3 is 5.97 Å². The molecule has 4 aliphatic carbocycles. The number of fused-ring (bicyclic) bond motifs is 3. The molecule has 4 fully saturated rings. The average molecular weight is 399 g/mol. The first kappa shape index (κ1) is 20.0. The molecule has 4 rings (SSSR count). The van der Waals surface area contributed by atoms with Crippen molar-refractivity contribution in [3.8, 4) is 0 Å². The maximum atomic E-state index is 11.9. The van der Waals surface area contributed by atoms with Gasteiger partial charge in [-0.15, -0.1) is 11.6 Å². The number of esters is 1. The molecule has 0 aromatic heterocycles. The van der Waals surface area contributed by atoms with Crippen LogP contribution in [0.3, 0.4) is 0 Å². The van der Waals surface area contributed by atoms with Crippen LogP contribution in [0.15, 0.2) is 0 Å². The van der Waals surface area contributed by atoms with Gasteiger partial charge < -0.3 is 14.9 Å². The number of alkyl halides is 1. The number of carbonyl (C=O) groups is 1. The monoisotopic (exact) mass is 398 g/mol. The van der Waals surface area contributed by atoms with Crippen molar-refractivity contribution >= 4 is 17.6 Å². The fraction of sp³-hybridized carbons (Fsp3) is 0.955. The van der Waals surface area contributed by atoms with Crippen LogP contribution >= 0.6 is 11.6 Å². The number of ether oxygens (including phenoxy) is 1. The van der Waals surface area contributed by atoms with E-state index in [1.807, 2.05) is 6.92 Å². The lowest BCUT2D eigenvalue weighted by atomic mass is 9.39. The van der Waals surface area contributed by atoms with Crippen LogP contribution < -0.4 is 0 Å². The summed E-state index contributed by atoms with van der Waals surface area (Å²) in [5.41, 5.74) is -0.822. The third-order valence-corrected chi connectivity index (χ3v) is 10.3.